The monoisotopic (exact) mass is 342 g/mol. The van der Waals surface area contributed by atoms with Crippen molar-refractivity contribution < 1.29 is 19.0 Å². The normalized spacial score (nSPS) is 12.2. The fourth-order valence-electron chi connectivity index (χ4n) is 2.72. The number of nitrogens with one attached hydrogen (secondary N) is 1. The maximum atomic E-state index is 13.7. The van der Waals surface area contributed by atoms with Gasteiger partial charge in [-0.3, -0.25) is 4.79 Å². The third-order valence-electron chi connectivity index (χ3n) is 4.16. The van der Waals surface area contributed by atoms with Crippen LogP contribution in [0.15, 0.2) is 48.7 Å². The molecule has 3 aromatic rings. The molecule has 0 fully saturated rings. The molecule has 0 spiro atoms. The maximum absolute atomic E-state index is 13.7. The number of rotatable bonds is 5. The Morgan fingerprint density at radius 2 is 2.08 bits per heavy atom. The van der Waals surface area contributed by atoms with Crippen molar-refractivity contribution in [2.45, 2.75) is 6.10 Å². The lowest BCUT2D eigenvalue weighted by atomic mass is 10.1. The first-order valence-electron chi connectivity index (χ1n) is 7.84. The molecule has 1 amide bonds. The van der Waals surface area contributed by atoms with E-state index in [-0.39, 0.29) is 17.9 Å². The van der Waals surface area contributed by atoms with E-state index in [1.807, 2.05) is 42.1 Å². The van der Waals surface area contributed by atoms with Crippen LogP contribution in [0.25, 0.3) is 10.9 Å². The molecule has 25 heavy (non-hydrogen) atoms. The largest absolute Gasteiger partial charge is 0.494 e. The first-order chi connectivity index (χ1) is 12.0. The number of methoxy groups -OCH3 is 1. The van der Waals surface area contributed by atoms with Crippen LogP contribution in [-0.4, -0.2) is 29.2 Å². The lowest BCUT2D eigenvalue weighted by Crippen LogP contribution is -2.28. The molecule has 0 aliphatic carbocycles. The van der Waals surface area contributed by atoms with E-state index in [1.54, 1.807) is 0 Å². The van der Waals surface area contributed by atoms with Crippen molar-refractivity contribution in [1.29, 1.82) is 0 Å². The van der Waals surface area contributed by atoms with Gasteiger partial charge in [-0.2, -0.15) is 0 Å². The Morgan fingerprint density at radius 1 is 1.28 bits per heavy atom. The number of halogens is 1. The van der Waals surface area contributed by atoms with Gasteiger partial charge in [0.1, 0.15) is 0 Å². The lowest BCUT2D eigenvalue weighted by Gasteiger charge is -2.13. The van der Waals surface area contributed by atoms with Crippen molar-refractivity contribution in [1.82, 2.24) is 9.88 Å². The Balaban J connectivity index is 1.67. The van der Waals surface area contributed by atoms with E-state index in [1.165, 1.54) is 19.2 Å². The second-order valence-corrected chi connectivity index (χ2v) is 5.82. The number of hydrogen-bond acceptors (Lipinski definition) is 3. The zero-order valence-electron chi connectivity index (χ0n) is 14.0. The molecule has 6 heteroatoms. The summed E-state index contributed by atoms with van der Waals surface area (Å²) in [4.78, 5) is 12.1. The summed E-state index contributed by atoms with van der Waals surface area (Å²) in [5.41, 5.74) is 1.94. The highest BCUT2D eigenvalue weighted by molar-refractivity contribution is 5.94. The number of benzene rings is 2. The first-order valence-corrected chi connectivity index (χ1v) is 7.84. The number of carbonyl (C=O) groups excluding carboxylic acids is 1. The minimum absolute atomic E-state index is 0.0326. The van der Waals surface area contributed by atoms with Gasteiger partial charge in [0.05, 0.1) is 13.2 Å². The van der Waals surface area contributed by atoms with Crippen molar-refractivity contribution in [2.75, 3.05) is 13.7 Å². The van der Waals surface area contributed by atoms with Crippen molar-refractivity contribution in [3.8, 4) is 5.75 Å². The third-order valence-corrected chi connectivity index (χ3v) is 4.16. The summed E-state index contributed by atoms with van der Waals surface area (Å²) in [6, 6.07) is 11.6. The van der Waals surface area contributed by atoms with E-state index < -0.39 is 17.8 Å². The molecule has 2 N–H and O–H groups in total. The average molecular weight is 342 g/mol. The van der Waals surface area contributed by atoms with Gasteiger partial charge in [0.2, 0.25) is 0 Å². The summed E-state index contributed by atoms with van der Waals surface area (Å²) in [5.74, 6) is -0.987. The van der Waals surface area contributed by atoms with Gasteiger partial charge < -0.3 is 19.7 Å². The number of aryl methyl sites for hydroxylation is 1. The van der Waals surface area contributed by atoms with Crippen molar-refractivity contribution >= 4 is 16.8 Å². The van der Waals surface area contributed by atoms with Gasteiger partial charge in [0, 0.05) is 30.9 Å². The molecule has 0 unspecified atom stereocenters. The van der Waals surface area contributed by atoms with Crippen LogP contribution in [0, 0.1) is 5.82 Å². The zero-order chi connectivity index (χ0) is 18.0. The van der Waals surface area contributed by atoms with Gasteiger partial charge in [-0.25, -0.2) is 4.39 Å². The lowest BCUT2D eigenvalue weighted by molar-refractivity contribution is 0.0916. The quantitative estimate of drug-likeness (QED) is 0.749. The van der Waals surface area contributed by atoms with Crippen LogP contribution in [0.1, 0.15) is 22.0 Å². The predicted octanol–water partition coefficient (Wildman–Crippen LogP) is 2.79. The minimum Gasteiger partial charge on any atom is -0.494 e. The van der Waals surface area contributed by atoms with Crippen molar-refractivity contribution in [3.63, 3.8) is 0 Å². The number of amides is 1. The summed E-state index contributed by atoms with van der Waals surface area (Å²) < 4.78 is 20.5. The van der Waals surface area contributed by atoms with E-state index in [0.717, 1.165) is 17.0 Å². The number of aliphatic hydroxyl groups is 1. The molecule has 1 atom stereocenters. The standard InChI is InChI=1S/C19H19FN2O3/c1-22-8-7-12-9-13(3-5-16(12)22)17(23)11-21-19(24)14-4-6-18(25-2)15(20)10-14/h3-10,17,23H,11H2,1-2H3,(H,21,24)/t17-/m0/s1. The van der Waals surface area contributed by atoms with Crippen LogP contribution in [0.4, 0.5) is 4.39 Å². The molecule has 0 saturated carbocycles. The number of hydrogen-bond donors (Lipinski definition) is 2. The molecular formula is C19H19FN2O3. The van der Waals surface area contributed by atoms with Crippen LogP contribution < -0.4 is 10.1 Å². The highest BCUT2D eigenvalue weighted by Gasteiger charge is 2.13. The second kappa shape index (κ2) is 6.94. The predicted molar refractivity (Wildman–Crippen MR) is 93.2 cm³/mol. The molecule has 3 rings (SSSR count). The van der Waals surface area contributed by atoms with Crippen molar-refractivity contribution in [2.24, 2.45) is 7.05 Å². The van der Waals surface area contributed by atoms with Crippen LogP contribution >= 0.6 is 0 Å². The molecule has 1 aromatic heterocycles. The SMILES string of the molecule is COc1ccc(C(=O)NC[C@H](O)c2ccc3c(ccn3C)c2)cc1F. The van der Waals surface area contributed by atoms with Gasteiger partial charge in [-0.05, 0) is 47.3 Å². The number of ether oxygens (including phenoxy) is 1. The third kappa shape index (κ3) is 3.49. The van der Waals surface area contributed by atoms with Gasteiger partial charge in [0.15, 0.2) is 11.6 Å². The summed E-state index contributed by atoms with van der Waals surface area (Å²) in [7, 11) is 3.31. The Hall–Kier alpha value is -2.86. The summed E-state index contributed by atoms with van der Waals surface area (Å²) in [6.07, 6.45) is 1.09. The molecule has 0 radical (unpaired) electrons. The molecule has 130 valence electrons. The number of aliphatic hydroxyl groups excluding tert-OH is 1. The summed E-state index contributed by atoms with van der Waals surface area (Å²) >= 11 is 0. The van der Waals surface area contributed by atoms with E-state index in [0.29, 0.717) is 5.56 Å². The molecule has 0 aliphatic heterocycles. The second-order valence-electron chi connectivity index (χ2n) is 5.82. The Kier molecular flexibility index (Phi) is 4.72. The Bertz CT molecular complexity index is 920. The Morgan fingerprint density at radius 3 is 2.80 bits per heavy atom. The molecule has 0 aliphatic rings. The molecule has 0 bridgehead atoms. The van der Waals surface area contributed by atoms with Crippen molar-refractivity contribution in [3.05, 3.63) is 65.6 Å². The average Bonchev–Trinajstić information content (AvgIpc) is 2.99. The van der Waals surface area contributed by atoms with E-state index >= 15 is 0 Å². The summed E-state index contributed by atoms with van der Waals surface area (Å²) in [5, 5.41) is 13.9. The van der Waals surface area contributed by atoms with Gasteiger partial charge in [0.25, 0.3) is 5.91 Å². The molecular weight excluding hydrogens is 323 g/mol. The maximum Gasteiger partial charge on any atom is 0.251 e. The smallest absolute Gasteiger partial charge is 0.251 e. The number of nitrogens with zero attached hydrogens (tertiary/aromatic N) is 1. The van der Waals surface area contributed by atoms with E-state index in [4.69, 9.17) is 4.74 Å². The van der Waals surface area contributed by atoms with Crippen LogP contribution in [0.2, 0.25) is 0 Å². The fourth-order valence-corrected chi connectivity index (χ4v) is 2.72. The number of aromatic nitrogens is 1. The van der Waals surface area contributed by atoms with E-state index in [9.17, 15) is 14.3 Å². The van der Waals surface area contributed by atoms with Gasteiger partial charge in [-0.15, -0.1) is 0 Å². The van der Waals surface area contributed by atoms with Gasteiger partial charge in [-0.1, -0.05) is 6.07 Å². The Labute approximate surface area is 144 Å². The fraction of sp³-hybridized carbons (Fsp3) is 0.211. The summed E-state index contributed by atoms with van der Waals surface area (Å²) in [6.45, 7) is 0.0326. The highest BCUT2D eigenvalue weighted by Crippen LogP contribution is 2.21. The van der Waals surface area contributed by atoms with Crippen LogP contribution in [0.3, 0.4) is 0 Å². The highest BCUT2D eigenvalue weighted by atomic mass is 19.1. The number of fused-ring (bicyclic) bond motifs is 1. The van der Waals surface area contributed by atoms with E-state index in [2.05, 4.69) is 5.32 Å². The molecule has 0 saturated heterocycles. The zero-order valence-corrected chi connectivity index (χ0v) is 14.0. The van der Waals surface area contributed by atoms with Crippen LogP contribution in [0.5, 0.6) is 5.75 Å². The number of carbonyl (C=O) groups is 1. The molecule has 1 heterocycles. The first kappa shape index (κ1) is 17.0. The van der Waals surface area contributed by atoms with Crippen LogP contribution in [-0.2, 0) is 7.05 Å². The molecule has 5 nitrogen and oxygen atoms in total. The topological polar surface area (TPSA) is 63.5 Å². The minimum atomic E-state index is -0.850. The van der Waals surface area contributed by atoms with Gasteiger partial charge >= 0.3 is 0 Å². The molecule has 2 aromatic carbocycles.